The van der Waals surface area contributed by atoms with Gasteiger partial charge < -0.3 is 10.1 Å². The summed E-state index contributed by atoms with van der Waals surface area (Å²) in [5.74, 6) is -3.32. The van der Waals surface area contributed by atoms with E-state index < -0.39 is 23.2 Å². The number of ether oxygens (including phenoxy) is 1. The number of halogens is 2. The lowest BCUT2D eigenvalue weighted by Crippen LogP contribution is -2.12. The second kappa shape index (κ2) is 8.23. The highest BCUT2D eigenvalue weighted by Crippen LogP contribution is 2.15. The standard InChI is InChI=1S/C21H15F2NO3/c22-17-7-4-8-18(23)19(17)21(26)27-13-14-9-11-15(12-10-14)20(25)24-16-5-2-1-3-6-16/h1-12H,13H2,(H,24,25). The van der Waals surface area contributed by atoms with Gasteiger partial charge in [0.05, 0.1) is 0 Å². The third kappa shape index (κ3) is 4.55. The van der Waals surface area contributed by atoms with Crippen LogP contribution in [0.3, 0.4) is 0 Å². The van der Waals surface area contributed by atoms with Crippen molar-refractivity contribution in [2.24, 2.45) is 0 Å². The van der Waals surface area contributed by atoms with Crippen LogP contribution in [0.25, 0.3) is 0 Å². The van der Waals surface area contributed by atoms with Crippen molar-refractivity contribution in [3.8, 4) is 0 Å². The average molecular weight is 367 g/mol. The Morgan fingerprint density at radius 2 is 1.44 bits per heavy atom. The molecule has 136 valence electrons. The van der Waals surface area contributed by atoms with E-state index in [1.165, 1.54) is 6.07 Å². The van der Waals surface area contributed by atoms with Gasteiger partial charge in [0.2, 0.25) is 0 Å². The summed E-state index contributed by atoms with van der Waals surface area (Å²) in [6, 6.07) is 18.5. The van der Waals surface area contributed by atoms with E-state index in [1.54, 1.807) is 36.4 Å². The van der Waals surface area contributed by atoms with Crippen LogP contribution in [0.2, 0.25) is 0 Å². The number of carbonyl (C=O) groups is 2. The molecule has 0 aromatic heterocycles. The van der Waals surface area contributed by atoms with Crippen molar-refractivity contribution in [2.75, 3.05) is 5.32 Å². The van der Waals surface area contributed by atoms with E-state index in [9.17, 15) is 18.4 Å². The number of esters is 1. The van der Waals surface area contributed by atoms with E-state index in [0.29, 0.717) is 16.8 Å². The van der Waals surface area contributed by atoms with Gasteiger partial charge in [-0.25, -0.2) is 13.6 Å². The van der Waals surface area contributed by atoms with Gasteiger partial charge in [0.25, 0.3) is 5.91 Å². The van der Waals surface area contributed by atoms with E-state index in [-0.39, 0.29) is 12.5 Å². The largest absolute Gasteiger partial charge is 0.457 e. The first kappa shape index (κ1) is 18.3. The van der Waals surface area contributed by atoms with Crippen molar-refractivity contribution in [3.63, 3.8) is 0 Å². The van der Waals surface area contributed by atoms with Crippen molar-refractivity contribution in [3.05, 3.63) is 101 Å². The maximum atomic E-state index is 13.6. The lowest BCUT2D eigenvalue weighted by atomic mass is 10.1. The molecule has 27 heavy (non-hydrogen) atoms. The van der Waals surface area contributed by atoms with Gasteiger partial charge in [0, 0.05) is 11.3 Å². The number of hydrogen-bond donors (Lipinski definition) is 1. The molecule has 0 radical (unpaired) electrons. The van der Waals surface area contributed by atoms with Gasteiger partial charge >= 0.3 is 5.97 Å². The van der Waals surface area contributed by atoms with Crippen LogP contribution in [0, 0.1) is 11.6 Å². The number of anilines is 1. The molecule has 0 aliphatic heterocycles. The van der Waals surface area contributed by atoms with Crippen molar-refractivity contribution >= 4 is 17.6 Å². The molecule has 0 saturated carbocycles. The predicted octanol–water partition coefficient (Wildman–Crippen LogP) is 4.57. The van der Waals surface area contributed by atoms with Crippen LogP contribution in [0.1, 0.15) is 26.3 Å². The summed E-state index contributed by atoms with van der Waals surface area (Å²) in [7, 11) is 0. The fraction of sp³-hybridized carbons (Fsp3) is 0.0476. The Morgan fingerprint density at radius 3 is 2.07 bits per heavy atom. The SMILES string of the molecule is O=C(Nc1ccccc1)c1ccc(COC(=O)c2c(F)cccc2F)cc1. The minimum absolute atomic E-state index is 0.173. The summed E-state index contributed by atoms with van der Waals surface area (Å²) >= 11 is 0. The normalized spacial score (nSPS) is 10.3. The molecule has 0 fully saturated rings. The van der Waals surface area contributed by atoms with Crippen molar-refractivity contribution in [1.29, 1.82) is 0 Å². The van der Waals surface area contributed by atoms with E-state index >= 15 is 0 Å². The zero-order valence-corrected chi connectivity index (χ0v) is 14.1. The average Bonchev–Trinajstić information content (AvgIpc) is 2.67. The first-order chi connectivity index (χ1) is 13.0. The van der Waals surface area contributed by atoms with Crippen LogP contribution >= 0.6 is 0 Å². The maximum Gasteiger partial charge on any atom is 0.344 e. The Labute approximate surface area is 154 Å². The van der Waals surface area contributed by atoms with Crippen LogP contribution in [0.4, 0.5) is 14.5 Å². The predicted molar refractivity (Wildman–Crippen MR) is 96.3 cm³/mol. The molecule has 0 atom stereocenters. The molecule has 4 nitrogen and oxygen atoms in total. The minimum Gasteiger partial charge on any atom is -0.457 e. The van der Waals surface area contributed by atoms with Crippen molar-refractivity contribution in [1.82, 2.24) is 0 Å². The highest BCUT2D eigenvalue weighted by molar-refractivity contribution is 6.04. The molecule has 0 saturated heterocycles. The molecule has 0 aliphatic rings. The number of hydrogen-bond acceptors (Lipinski definition) is 3. The molecule has 3 aromatic carbocycles. The van der Waals surface area contributed by atoms with Crippen LogP contribution in [0.15, 0.2) is 72.8 Å². The maximum absolute atomic E-state index is 13.6. The third-order valence-corrected chi connectivity index (χ3v) is 3.78. The summed E-state index contributed by atoms with van der Waals surface area (Å²) in [5.41, 5.74) is 0.953. The molecule has 0 unspecified atom stereocenters. The number of rotatable bonds is 5. The molecule has 0 aliphatic carbocycles. The molecular formula is C21H15F2NO3. The molecule has 3 aromatic rings. The number of carbonyl (C=O) groups excluding carboxylic acids is 2. The molecular weight excluding hydrogens is 352 g/mol. The van der Waals surface area contributed by atoms with Gasteiger partial charge in [0.15, 0.2) is 0 Å². The molecule has 1 amide bonds. The summed E-state index contributed by atoms with van der Waals surface area (Å²) in [5, 5.41) is 2.75. The molecule has 3 rings (SSSR count). The minimum atomic E-state index is -1.09. The van der Waals surface area contributed by atoms with Crippen LogP contribution in [0.5, 0.6) is 0 Å². The van der Waals surface area contributed by atoms with Gasteiger partial charge in [-0.05, 0) is 42.0 Å². The van der Waals surface area contributed by atoms with E-state index in [0.717, 1.165) is 12.1 Å². The van der Waals surface area contributed by atoms with E-state index in [1.807, 2.05) is 18.2 Å². The lowest BCUT2D eigenvalue weighted by Gasteiger charge is -2.08. The Hall–Kier alpha value is -3.54. The highest BCUT2D eigenvalue weighted by atomic mass is 19.1. The Morgan fingerprint density at radius 1 is 0.815 bits per heavy atom. The number of para-hydroxylation sites is 1. The first-order valence-corrected chi connectivity index (χ1v) is 8.11. The fourth-order valence-electron chi connectivity index (χ4n) is 2.39. The summed E-state index contributed by atoms with van der Waals surface area (Å²) in [6.45, 7) is -0.173. The summed E-state index contributed by atoms with van der Waals surface area (Å²) < 4.78 is 32.1. The van der Waals surface area contributed by atoms with Crippen LogP contribution in [-0.2, 0) is 11.3 Å². The smallest absolute Gasteiger partial charge is 0.344 e. The second-order valence-electron chi connectivity index (χ2n) is 5.69. The number of amides is 1. The second-order valence-corrected chi connectivity index (χ2v) is 5.69. The molecule has 0 heterocycles. The van der Waals surface area contributed by atoms with Crippen molar-refractivity contribution in [2.45, 2.75) is 6.61 Å². The summed E-state index contributed by atoms with van der Waals surface area (Å²) in [4.78, 5) is 24.0. The fourth-order valence-corrected chi connectivity index (χ4v) is 2.39. The Kier molecular flexibility index (Phi) is 5.56. The van der Waals surface area contributed by atoms with Gasteiger partial charge in [0.1, 0.15) is 23.8 Å². The van der Waals surface area contributed by atoms with Gasteiger partial charge in [-0.15, -0.1) is 0 Å². The molecule has 0 spiro atoms. The molecule has 0 bridgehead atoms. The first-order valence-electron chi connectivity index (χ1n) is 8.11. The zero-order valence-electron chi connectivity index (χ0n) is 14.1. The van der Waals surface area contributed by atoms with Gasteiger partial charge in [-0.2, -0.15) is 0 Å². The Balaban J connectivity index is 1.61. The third-order valence-electron chi connectivity index (χ3n) is 3.78. The zero-order chi connectivity index (χ0) is 19.2. The molecule has 6 heteroatoms. The highest BCUT2D eigenvalue weighted by Gasteiger charge is 2.18. The Bertz CT molecular complexity index is 937. The van der Waals surface area contributed by atoms with Gasteiger partial charge in [-0.3, -0.25) is 4.79 Å². The summed E-state index contributed by atoms with van der Waals surface area (Å²) in [6.07, 6.45) is 0. The monoisotopic (exact) mass is 367 g/mol. The van der Waals surface area contributed by atoms with Gasteiger partial charge in [-0.1, -0.05) is 36.4 Å². The quantitative estimate of drug-likeness (QED) is 0.672. The van der Waals surface area contributed by atoms with Crippen molar-refractivity contribution < 1.29 is 23.1 Å². The molecule has 1 N–H and O–H groups in total. The van der Waals surface area contributed by atoms with E-state index in [4.69, 9.17) is 4.74 Å². The van der Waals surface area contributed by atoms with Crippen LogP contribution < -0.4 is 5.32 Å². The van der Waals surface area contributed by atoms with E-state index in [2.05, 4.69) is 5.32 Å². The van der Waals surface area contributed by atoms with Crippen LogP contribution in [-0.4, -0.2) is 11.9 Å². The number of benzene rings is 3. The lowest BCUT2D eigenvalue weighted by molar-refractivity contribution is 0.0461. The topological polar surface area (TPSA) is 55.4 Å². The number of nitrogens with one attached hydrogen (secondary N) is 1.